The second-order valence-corrected chi connectivity index (χ2v) is 7.63. The van der Waals surface area contributed by atoms with Crippen molar-refractivity contribution in [1.82, 2.24) is 0 Å². The average molecular weight is 288 g/mol. The largest absolute Gasteiger partial charge is 0.496 e. The summed E-state index contributed by atoms with van der Waals surface area (Å²) in [5.74, 6) is 1.79. The molecule has 0 saturated heterocycles. The quantitative estimate of drug-likeness (QED) is 0.896. The molecule has 1 unspecified atom stereocenters. The standard InChI is InChI=1S/C14H22ClNOS/c1-14(2,3)18-9-12(16)8-10-7-11(15)5-6-13(10)17-4/h5-7,12H,8-9,16H2,1-4H3. The predicted octanol–water partition coefficient (Wildman–Crippen LogP) is 3.75. The molecule has 2 nitrogen and oxygen atoms in total. The van der Waals surface area contributed by atoms with Gasteiger partial charge in [-0.3, -0.25) is 0 Å². The van der Waals surface area contributed by atoms with E-state index in [0.29, 0.717) is 0 Å². The van der Waals surface area contributed by atoms with Gasteiger partial charge in [-0.15, -0.1) is 0 Å². The van der Waals surface area contributed by atoms with Crippen LogP contribution in [0.25, 0.3) is 0 Å². The van der Waals surface area contributed by atoms with Gasteiger partial charge in [0.2, 0.25) is 0 Å². The van der Waals surface area contributed by atoms with E-state index in [2.05, 4.69) is 20.8 Å². The first kappa shape index (κ1) is 15.7. The van der Waals surface area contributed by atoms with Crippen LogP contribution in [0.1, 0.15) is 26.3 Å². The smallest absolute Gasteiger partial charge is 0.122 e. The number of hydrogen-bond acceptors (Lipinski definition) is 3. The second-order valence-electron chi connectivity index (χ2n) is 5.34. The average Bonchev–Trinajstić information content (AvgIpc) is 2.26. The minimum atomic E-state index is 0.113. The monoisotopic (exact) mass is 287 g/mol. The summed E-state index contributed by atoms with van der Waals surface area (Å²) in [6.45, 7) is 6.60. The van der Waals surface area contributed by atoms with Crippen molar-refractivity contribution >= 4 is 23.4 Å². The zero-order valence-corrected chi connectivity index (χ0v) is 13.1. The summed E-state index contributed by atoms with van der Waals surface area (Å²) in [6.07, 6.45) is 0.785. The molecule has 0 amide bonds. The van der Waals surface area contributed by atoms with E-state index in [0.717, 1.165) is 28.5 Å². The summed E-state index contributed by atoms with van der Waals surface area (Å²) in [7, 11) is 1.67. The lowest BCUT2D eigenvalue weighted by Gasteiger charge is -2.21. The maximum Gasteiger partial charge on any atom is 0.122 e. The summed E-state index contributed by atoms with van der Waals surface area (Å²) < 4.78 is 5.57. The van der Waals surface area contributed by atoms with Crippen molar-refractivity contribution in [2.24, 2.45) is 5.73 Å². The summed E-state index contributed by atoms with van der Waals surface area (Å²) in [5, 5.41) is 0.724. The highest BCUT2D eigenvalue weighted by Gasteiger charge is 2.15. The minimum absolute atomic E-state index is 0.113. The Morgan fingerprint density at radius 1 is 1.39 bits per heavy atom. The Morgan fingerprint density at radius 2 is 2.06 bits per heavy atom. The van der Waals surface area contributed by atoms with Crippen molar-refractivity contribution in [3.05, 3.63) is 28.8 Å². The van der Waals surface area contributed by atoms with E-state index < -0.39 is 0 Å². The molecular weight excluding hydrogens is 266 g/mol. The SMILES string of the molecule is COc1ccc(Cl)cc1CC(N)CSC(C)(C)C. The molecule has 0 heterocycles. The van der Waals surface area contributed by atoms with Crippen LogP contribution in [-0.4, -0.2) is 23.7 Å². The van der Waals surface area contributed by atoms with Crippen LogP contribution in [0.15, 0.2) is 18.2 Å². The molecule has 0 spiro atoms. The molecule has 0 bridgehead atoms. The lowest BCUT2D eigenvalue weighted by atomic mass is 10.1. The van der Waals surface area contributed by atoms with E-state index in [1.807, 2.05) is 30.0 Å². The third-order valence-corrected chi connectivity index (χ3v) is 4.15. The van der Waals surface area contributed by atoms with Gasteiger partial charge in [-0.05, 0) is 30.2 Å². The molecule has 18 heavy (non-hydrogen) atoms. The van der Waals surface area contributed by atoms with Crippen LogP contribution in [0.5, 0.6) is 5.75 Å². The maximum absolute atomic E-state index is 6.17. The van der Waals surface area contributed by atoms with Gasteiger partial charge in [0.15, 0.2) is 0 Å². The van der Waals surface area contributed by atoms with Gasteiger partial charge >= 0.3 is 0 Å². The Morgan fingerprint density at radius 3 is 2.61 bits per heavy atom. The van der Waals surface area contributed by atoms with Crippen molar-refractivity contribution in [3.63, 3.8) is 0 Å². The molecule has 1 atom stereocenters. The Bertz CT molecular complexity index is 390. The molecule has 0 aliphatic carbocycles. The molecule has 0 radical (unpaired) electrons. The third-order valence-electron chi connectivity index (χ3n) is 2.45. The van der Waals surface area contributed by atoms with Crippen molar-refractivity contribution in [1.29, 1.82) is 0 Å². The van der Waals surface area contributed by atoms with Gasteiger partial charge in [0.1, 0.15) is 5.75 Å². The van der Waals surface area contributed by atoms with Crippen LogP contribution in [0.3, 0.4) is 0 Å². The minimum Gasteiger partial charge on any atom is -0.496 e. The molecule has 0 aromatic heterocycles. The second kappa shape index (κ2) is 6.69. The number of methoxy groups -OCH3 is 1. The van der Waals surface area contributed by atoms with E-state index in [1.54, 1.807) is 7.11 Å². The molecule has 102 valence electrons. The highest BCUT2D eigenvalue weighted by Crippen LogP contribution is 2.27. The normalized spacial score (nSPS) is 13.4. The molecule has 0 aliphatic rings. The van der Waals surface area contributed by atoms with Crippen molar-refractivity contribution in [2.75, 3.05) is 12.9 Å². The first-order valence-electron chi connectivity index (χ1n) is 6.04. The van der Waals surface area contributed by atoms with E-state index in [1.165, 1.54) is 0 Å². The van der Waals surface area contributed by atoms with Crippen LogP contribution in [0.4, 0.5) is 0 Å². The van der Waals surface area contributed by atoms with E-state index in [-0.39, 0.29) is 10.8 Å². The Balaban J connectivity index is 2.63. The summed E-state index contributed by atoms with van der Waals surface area (Å²) in [5.41, 5.74) is 7.24. The van der Waals surface area contributed by atoms with Gasteiger partial charge in [0.05, 0.1) is 7.11 Å². The van der Waals surface area contributed by atoms with Crippen LogP contribution < -0.4 is 10.5 Å². The number of benzene rings is 1. The van der Waals surface area contributed by atoms with Gasteiger partial charge in [-0.1, -0.05) is 32.4 Å². The fourth-order valence-electron chi connectivity index (χ4n) is 1.61. The molecule has 1 aromatic rings. The Kier molecular flexibility index (Phi) is 5.83. The highest BCUT2D eigenvalue weighted by atomic mass is 35.5. The molecule has 1 aromatic carbocycles. The summed E-state index contributed by atoms with van der Waals surface area (Å²) >= 11 is 7.89. The number of halogens is 1. The molecule has 2 N–H and O–H groups in total. The van der Waals surface area contributed by atoms with Crippen LogP contribution >= 0.6 is 23.4 Å². The van der Waals surface area contributed by atoms with E-state index >= 15 is 0 Å². The lowest BCUT2D eigenvalue weighted by Crippen LogP contribution is -2.28. The lowest BCUT2D eigenvalue weighted by molar-refractivity contribution is 0.408. The Hall–Kier alpha value is -0.380. The molecule has 1 rings (SSSR count). The van der Waals surface area contributed by atoms with Crippen molar-refractivity contribution in [2.45, 2.75) is 38.0 Å². The van der Waals surface area contributed by atoms with Gasteiger partial charge < -0.3 is 10.5 Å². The van der Waals surface area contributed by atoms with Gasteiger partial charge in [0.25, 0.3) is 0 Å². The molecule has 0 aliphatic heterocycles. The zero-order chi connectivity index (χ0) is 13.8. The molecule has 0 saturated carbocycles. The number of rotatable bonds is 5. The summed E-state index contributed by atoms with van der Waals surface area (Å²) in [6, 6.07) is 5.77. The number of ether oxygens (including phenoxy) is 1. The van der Waals surface area contributed by atoms with Crippen LogP contribution in [0, 0.1) is 0 Å². The predicted molar refractivity (Wildman–Crippen MR) is 81.9 cm³/mol. The molecular formula is C14H22ClNOS. The van der Waals surface area contributed by atoms with E-state index in [4.69, 9.17) is 22.1 Å². The number of hydrogen-bond donors (Lipinski definition) is 1. The fourth-order valence-corrected chi connectivity index (χ4v) is 2.63. The van der Waals surface area contributed by atoms with Crippen LogP contribution in [-0.2, 0) is 6.42 Å². The first-order chi connectivity index (χ1) is 8.31. The van der Waals surface area contributed by atoms with Gasteiger partial charge in [-0.2, -0.15) is 11.8 Å². The molecule has 0 fully saturated rings. The highest BCUT2D eigenvalue weighted by molar-refractivity contribution is 8.00. The first-order valence-corrected chi connectivity index (χ1v) is 7.40. The zero-order valence-electron chi connectivity index (χ0n) is 11.5. The Labute approximate surface area is 119 Å². The van der Waals surface area contributed by atoms with Gasteiger partial charge in [0, 0.05) is 21.6 Å². The number of thioether (sulfide) groups is 1. The van der Waals surface area contributed by atoms with Gasteiger partial charge in [-0.25, -0.2) is 0 Å². The topological polar surface area (TPSA) is 35.2 Å². The summed E-state index contributed by atoms with van der Waals surface area (Å²) in [4.78, 5) is 0. The fraction of sp³-hybridized carbons (Fsp3) is 0.571. The van der Waals surface area contributed by atoms with Crippen molar-refractivity contribution < 1.29 is 4.74 Å². The molecule has 4 heteroatoms. The van der Waals surface area contributed by atoms with Crippen molar-refractivity contribution in [3.8, 4) is 5.75 Å². The van der Waals surface area contributed by atoms with E-state index in [9.17, 15) is 0 Å². The maximum atomic E-state index is 6.17. The van der Waals surface area contributed by atoms with Crippen LogP contribution in [0.2, 0.25) is 5.02 Å². The third kappa shape index (κ3) is 5.51. The number of nitrogens with two attached hydrogens (primary N) is 1.